The van der Waals surface area contributed by atoms with E-state index in [-0.39, 0.29) is 18.0 Å². The molecule has 3 aromatic rings. The van der Waals surface area contributed by atoms with Gasteiger partial charge in [0, 0.05) is 10.6 Å². The fourth-order valence-electron chi connectivity index (χ4n) is 3.50. The van der Waals surface area contributed by atoms with Crippen LogP contribution in [0, 0.1) is 17.2 Å². The topological polar surface area (TPSA) is 87.8 Å². The number of hydrogen-bond donors (Lipinski definition) is 1. The fraction of sp³-hybridized carbons (Fsp3) is 0.300. The first-order valence-electron chi connectivity index (χ1n) is 8.85. The molecule has 1 atom stereocenters. The molecule has 6 nitrogen and oxygen atoms in total. The number of benzene rings is 1. The van der Waals surface area contributed by atoms with E-state index < -0.39 is 0 Å². The van der Waals surface area contributed by atoms with Crippen LogP contribution in [0.25, 0.3) is 10.2 Å². The second kappa shape index (κ2) is 6.97. The van der Waals surface area contributed by atoms with Gasteiger partial charge < -0.3 is 5.32 Å². The van der Waals surface area contributed by atoms with Crippen LogP contribution in [0.4, 0.5) is 5.69 Å². The summed E-state index contributed by atoms with van der Waals surface area (Å²) in [5.74, 6) is 0.300. The molecule has 2 heterocycles. The molecular formula is C20H18N4O2S. The van der Waals surface area contributed by atoms with Gasteiger partial charge in [0.25, 0.3) is 5.56 Å². The van der Waals surface area contributed by atoms with Gasteiger partial charge in [0.05, 0.1) is 23.3 Å². The van der Waals surface area contributed by atoms with Crippen molar-refractivity contribution in [3.05, 3.63) is 57.0 Å². The number of anilines is 1. The maximum Gasteiger partial charge on any atom is 0.262 e. The van der Waals surface area contributed by atoms with Crippen molar-refractivity contribution in [3.8, 4) is 6.07 Å². The average molecular weight is 378 g/mol. The molecule has 0 saturated carbocycles. The number of aromatic nitrogens is 2. The molecule has 0 saturated heterocycles. The molecule has 4 rings (SSSR count). The fourth-order valence-corrected chi connectivity index (χ4v) is 4.84. The number of nitrogens with zero attached hydrogens (tertiary/aromatic N) is 3. The monoisotopic (exact) mass is 378 g/mol. The zero-order chi connectivity index (χ0) is 19.0. The number of hydrogen-bond acceptors (Lipinski definition) is 5. The number of fused-ring (bicyclic) bond motifs is 3. The van der Waals surface area contributed by atoms with E-state index in [0.29, 0.717) is 22.6 Å². The van der Waals surface area contributed by atoms with Crippen molar-refractivity contribution in [1.29, 1.82) is 5.26 Å². The first-order chi connectivity index (χ1) is 13.0. The van der Waals surface area contributed by atoms with Crippen molar-refractivity contribution in [3.63, 3.8) is 0 Å². The van der Waals surface area contributed by atoms with Crippen molar-refractivity contribution in [2.75, 3.05) is 5.32 Å². The van der Waals surface area contributed by atoms with E-state index in [0.717, 1.165) is 29.7 Å². The van der Waals surface area contributed by atoms with Crippen molar-refractivity contribution in [2.45, 2.75) is 32.7 Å². The highest BCUT2D eigenvalue weighted by Gasteiger charge is 2.23. The van der Waals surface area contributed by atoms with Crippen LogP contribution >= 0.6 is 11.3 Å². The summed E-state index contributed by atoms with van der Waals surface area (Å²) in [5.41, 5.74) is 1.95. The molecule has 1 amide bonds. The van der Waals surface area contributed by atoms with Crippen LogP contribution in [0.3, 0.4) is 0 Å². The van der Waals surface area contributed by atoms with Gasteiger partial charge in [-0.3, -0.25) is 14.2 Å². The third-order valence-corrected chi connectivity index (χ3v) is 6.03. The van der Waals surface area contributed by atoms with Crippen LogP contribution in [-0.4, -0.2) is 15.5 Å². The minimum atomic E-state index is -0.328. The molecule has 27 heavy (non-hydrogen) atoms. The molecule has 0 radical (unpaired) electrons. The molecule has 0 spiro atoms. The van der Waals surface area contributed by atoms with E-state index in [1.165, 1.54) is 15.8 Å². The first kappa shape index (κ1) is 17.4. The largest absolute Gasteiger partial charge is 0.324 e. The van der Waals surface area contributed by atoms with Gasteiger partial charge in [-0.25, -0.2) is 4.98 Å². The Morgan fingerprint density at radius 3 is 3.15 bits per heavy atom. The summed E-state index contributed by atoms with van der Waals surface area (Å²) < 4.78 is 1.36. The van der Waals surface area contributed by atoms with E-state index in [1.54, 1.807) is 35.6 Å². The van der Waals surface area contributed by atoms with E-state index >= 15 is 0 Å². The summed E-state index contributed by atoms with van der Waals surface area (Å²) >= 11 is 1.60. The Labute approximate surface area is 160 Å². The first-order valence-corrected chi connectivity index (χ1v) is 9.66. The molecule has 1 aromatic carbocycles. The number of carbonyl (C=O) groups is 1. The van der Waals surface area contributed by atoms with E-state index in [4.69, 9.17) is 5.26 Å². The van der Waals surface area contributed by atoms with Crippen LogP contribution in [0.5, 0.6) is 0 Å². The minimum Gasteiger partial charge on any atom is -0.324 e. The third kappa shape index (κ3) is 3.36. The van der Waals surface area contributed by atoms with E-state index in [1.807, 2.05) is 6.07 Å². The number of amides is 1. The summed E-state index contributed by atoms with van der Waals surface area (Å²) in [6, 6.07) is 8.70. The maximum absolute atomic E-state index is 12.9. The van der Waals surface area contributed by atoms with Crippen molar-refractivity contribution in [1.82, 2.24) is 9.55 Å². The number of nitriles is 1. The average Bonchev–Trinajstić information content (AvgIpc) is 3.02. The number of rotatable bonds is 3. The van der Waals surface area contributed by atoms with Gasteiger partial charge >= 0.3 is 0 Å². The molecule has 1 aliphatic rings. The quantitative estimate of drug-likeness (QED) is 0.759. The van der Waals surface area contributed by atoms with Crippen LogP contribution in [0.2, 0.25) is 0 Å². The van der Waals surface area contributed by atoms with Gasteiger partial charge in [-0.05, 0) is 48.9 Å². The molecule has 136 valence electrons. The molecule has 7 heteroatoms. The van der Waals surface area contributed by atoms with Gasteiger partial charge in [0.2, 0.25) is 5.91 Å². The Bertz CT molecular complexity index is 1140. The van der Waals surface area contributed by atoms with Crippen molar-refractivity contribution >= 4 is 33.1 Å². The Morgan fingerprint density at radius 2 is 2.33 bits per heavy atom. The van der Waals surface area contributed by atoms with Crippen LogP contribution in [-0.2, 0) is 24.2 Å². The highest BCUT2D eigenvalue weighted by molar-refractivity contribution is 7.18. The molecule has 0 aliphatic heterocycles. The molecule has 2 aromatic heterocycles. The molecule has 0 bridgehead atoms. The van der Waals surface area contributed by atoms with Crippen molar-refractivity contribution in [2.24, 2.45) is 5.92 Å². The Morgan fingerprint density at radius 1 is 1.48 bits per heavy atom. The smallest absolute Gasteiger partial charge is 0.262 e. The van der Waals surface area contributed by atoms with E-state index in [9.17, 15) is 9.59 Å². The summed E-state index contributed by atoms with van der Waals surface area (Å²) in [6.07, 6.45) is 4.40. The lowest BCUT2D eigenvalue weighted by Crippen LogP contribution is -2.28. The standard InChI is InChI=1S/C20H18N4O2S/c1-12-5-6-15-16(7-12)27-19-18(15)20(26)24(11-22-19)10-17(25)23-14-4-2-3-13(8-14)9-21/h2-4,8,11-12H,5-7,10H2,1H3,(H,23,25)/t12-/m1/s1. The Balaban J connectivity index is 1.60. The SMILES string of the molecule is C[C@@H]1CCc2c(sc3ncn(CC(=O)Nc4cccc(C#N)c4)c(=O)c23)C1. The minimum absolute atomic E-state index is 0.112. The van der Waals surface area contributed by atoms with Gasteiger partial charge in [-0.15, -0.1) is 11.3 Å². The number of carbonyl (C=O) groups excluding carboxylic acids is 1. The predicted octanol–water partition coefficient (Wildman–Crippen LogP) is 3.09. The Kier molecular flexibility index (Phi) is 4.50. The third-order valence-electron chi connectivity index (χ3n) is 4.87. The zero-order valence-corrected chi connectivity index (χ0v) is 15.7. The zero-order valence-electron chi connectivity index (χ0n) is 14.9. The number of nitrogens with one attached hydrogen (secondary N) is 1. The molecular weight excluding hydrogens is 360 g/mol. The van der Waals surface area contributed by atoms with Gasteiger partial charge in [-0.1, -0.05) is 13.0 Å². The highest BCUT2D eigenvalue weighted by Crippen LogP contribution is 2.35. The molecule has 0 unspecified atom stereocenters. The second-order valence-corrected chi connectivity index (χ2v) is 8.03. The predicted molar refractivity (Wildman–Crippen MR) is 105 cm³/mol. The van der Waals surface area contributed by atoms with E-state index in [2.05, 4.69) is 17.2 Å². The lowest BCUT2D eigenvalue weighted by molar-refractivity contribution is -0.116. The lowest BCUT2D eigenvalue weighted by Gasteiger charge is -2.17. The number of thiophene rings is 1. The van der Waals surface area contributed by atoms with Gasteiger partial charge in [0.1, 0.15) is 11.4 Å². The highest BCUT2D eigenvalue weighted by atomic mass is 32.1. The second-order valence-electron chi connectivity index (χ2n) is 6.95. The maximum atomic E-state index is 12.9. The summed E-state index contributed by atoms with van der Waals surface area (Å²) in [7, 11) is 0. The lowest BCUT2D eigenvalue weighted by atomic mass is 9.89. The summed E-state index contributed by atoms with van der Waals surface area (Å²) in [4.78, 5) is 31.7. The molecule has 1 N–H and O–H groups in total. The van der Waals surface area contributed by atoms with Crippen molar-refractivity contribution < 1.29 is 4.79 Å². The van der Waals surface area contributed by atoms with Gasteiger partial charge in [0.15, 0.2) is 0 Å². The number of aryl methyl sites for hydroxylation is 1. The molecule has 0 fully saturated rings. The van der Waals surface area contributed by atoms with Gasteiger partial charge in [-0.2, -0.15) is 5.26 Å². The van der Waals surface area contributed by atoms with Crippen LogP contribution in [0.15, 0.2) is 35.4 Å². The summed E-state index contributed by atoms with van der Waals surface area (Å²) in [6.45, 7) is 2.12. The van der Waals surface area contributed by atoms with Crippen LogP contribution in [0.1, 0.15) is 29.3 Å². The summed E-state index contributed by atoms with van der Waals surface area (Å²) in [5, 5.41) is 12.3. The molecule has 1 aliphatic carbocycles. The van der Waals surface area contributed by atoms with Crippen LogP contribution < -0.4 is 10.9 Å². The Hall–Kier alpha value is -2.98. The normalized spacial score (nSPS) is 15.9.